The quantitative estimate of drug-likeness (QED) is 0.468. The highest BCUT2D eigenvalue weighted by molar-refractivity contribution is 5.75. The SMILES string of the molecule is CCCNC(CCOCCC)C(=O)OC. The zero-order chi connectivity index (χ0) is 11.5. The summed E-state index contributed by atoms with van der Waals surface area (Å²) >= 11 is 0. The van der Waals surface area contributed by atoms with Crippen molar-refractivity contribution in [3.05, 3.63) is 0 Å². The summed E-state index contributed by atoms with van der Waals surface area (Å²) in [4.78, 5) is 11.3. The summed E-state index contributed by atoms with van der Waals surface area (Å²) in [7, 11) is 1.41. The highest BCUT2D eigenvalue weighted by atomic mass is 16.5. The summed E-state index contributed by atoms with van der Waals surface area (Å²) in [5.41, 5.74) is 0. The van der Waals surface area contributed by atoms with Crippen LogP contribution in [0.25, 0.3) is 0 Å². The molecule has 15 heavy (non-hydrogen) atoms. The van der Waals surface area contributed by atoms with Crippen LogP contribution in [0.1, 0.15) is 33.1 Å². The van der Waals surface area contributed by atoms with Crippen LogP contribution in [0.5, 0.6) is 0 Å². The average Bonchev–Trinajstić information content (AvgIpc) is 2.27. The van der Waals surface area contributed by atoms with Crippen molar-refractivity contribution >= 4 is 5.97 Å². The summed E-state index contributed by atoms with van der Waals surface area (Å²) in [5, 5.41) is 3.14. The van der Waals surface area contributed by atoms with Gasteiger partial charge in [0.25, 0.3) is 0 Å². The Morgan fingerprint density at radius 2 is 2.00 bits per heavy atom. The Hall–Kier alpha value is -0.610. The Morgan fingerprint density at radius 1 is 1.27 bits per heavy atom. The monoisotopic (exact) mass is 217 g/mol. The predicted molar refractivity (Wildman–Crippen MR) is 59.8 cm³/mol. The minimum atomic E-state index is -0.230. The first-order valence-electron chi connectivity index (χ1n) is 5.65. The van der Waals surface area contributed by atoms with Gasteiger partial charge in [0.2, 0.25) is 0 Å². The second-order valence-electron chi connectivity index (χ2n) is 3.43. The van der Waals surface area contributed by atoms with E-state index in [1.165, 1.54) is 7.11 Å². The summed E-state index contributed by atoms with van der Waals surface area (Å²) in [6.07, 6.45) is 2.68. The normalized spacial score (nSPS) is 12.5. The van der Waals surface area contributed by atoms with Gasteiger partial charge >= 0.3 is 5.97 Å². The Balaban J connectivity index is 3.74. The van der Waals surface area contributed by atoms with E-state index in [4.69, 9.17) is 9.47 Å². The fourth-order valence-electron chi connectivity index (χ4n) is 1.21. The fraction of sp³-hybridized carbons (Fsp3) is 0.909. The molecule has 1 N–H and O–H groups in total. The summed E-state index contributed by atoms with van der Waals surface area (Å²) < 4.78 is 10.0. The Labute approximate surface area is 92.3 Å². The van der Waals surface area contributed by atoms with E-state index in [-0.39, 0.29) is 12.0 Å². The molecule has 0 aliphatic rings. The highest BCUT2D eigenvalue weighted by Gasteiger charge is 2.17. The van der Waals surface area contributed by atoms with E-state index in [2.05, 4.69) is 19.2 Å². The van der Waals surface area contributed by atoms with E-state index in [1.54, 1.807) is 0 Å². The second kappa shape index (κ2) is 9.93. The van der Waals surface area contributed by atoms with Crippen LogP contribution in [-0.2, 0) is 14.3 Å². The van der Waals surface area contributed by atoms with Gasteiger partial charge in [-0.2, -0.15) is 0 Å². The van der Waals surface area contributed by atoms with E-state index in [9.17, 15) is 4.79 Å². The van der Waals surface area contributed by atoms with Crippen LogP contribution in [0.2, 0.25) is 0 Å². The maximum atomic E-state index is 11.3. The first-order valence-corrected chi connectivity index (χ1v) is 5.65. The summed E-state index contributed by atoms with van der Waals surface area (Å²) in [6.45, 7) is 6.31. The largest absolute Gasteiger partial charge is 0.468 e. The number of rotatable bonds is 9. The summed E-state index contributed by atoms with van der Waals surface area (Å²) in [5.74, 6) is -0.205. The fourth-order valence-corrected chi connectivity index (χ4v) is 1.21. The van der Waals surface area contributed by atoms with E-state index < -0.39 is 0 Å². The topological polar surface area (TPSA) is 47.6 Å². The summed E-state index contributed by atoms with van der Waals surface area (Å²) in [6, 6.07) is -0.230. The molecule has 90 valence electrons. The van der Waals surface area contributed by atoms with E-state index in [1.807, 2.05) is 0 Å². The van der Waals surface area contributed by atoms with Crippen molar-refractivity contribution in [2.45, 2.75) is 39.2 Å². The van der Waals surface area contributed by atoms with Gasteiger partial charge in [-0.05, 0) is 25.8 Å². The van der Waals surface area contributed by atoms with Crippen LogP contribution < -0.4 is 5.32 Å². The molecule has 0 radical (unpaired) electrons. The molecule has 0 aliphatic heterocycles. The van der Waals surface area contributed by atoms with Crippen LogP contribution in [0.15, 0.2) is 0 Å². The Kier molecular flexibility index (Phi) is 9.52. The highest BCUT2D eigenvalue weighted by Crippen LogP contribution is 1.97. The van der Waals surface area contributed by atoms with Gasteiger partial charge in [-0.15, -0.1) is 0 Å². The molecule has 0 aliphatic carbocycles. The first kappa shape index (κ1) is 14.4. The van der Waals surface area contributed by atoms with Gasteiger partial charge < -0.3 is 14.8 Å². The standard InChI is InChI=1S/C11H23NO3/c1-4-7-12-10(11(13)14-3)6-9-15-8-5-2/h10,12H,4-9H2,1-3H3. The third kappa shape index (κ3) is 7.33. The van der Waals surface area contributed by atoms with E-state index in [0.717, 1.165) is 26.0 Å². The molecular formula is C11H23NO3. The van der Waals surface area contributed by atoms with Gasteiger partial charge in [-0.25, -0.2) is 0 Å². The molecule has 0 aromatic heterocycles. The number of hydrogen-bond donors (Lipinski definition) is 1. The van der Waals surface area contributed by atoms with Crippen LogP contribution >= 0.6 is 0 Å². The van der Waals surface area contributed by atoms with Gasteiger partial charge in [0.1, 0.15) is 6.04 Å². The van der Waals surface area contributed by atoms with Crippen molar-refractivity contribution in [2.75, 3.05) is 26.9 Å². The van der Waals surface area contributed by atoms with Gasteiger partial charge in [0.15, 0.2) is 0 Å². The lowest BCUT2D eigenvalue weighted by Gasteiger charge is -2.15. The molecule has 0 spiro atoms. The number of ether oxygens (including phenoxy) is 2. The zero-order valence-electron chi connectivity index (χ0n) is 10.0. The molecule has 0 rings (SSSR count). The molecule has 4 heteroatoms. The Bertz CT molecular complexity index is 162. The van der Waals surface area contributed by atoms with Gasteiger partial charge in [-0.1, -0.05) is 13.8 Å². The van der Waals surface area contributed by atoms with Gasteiger partial charge in [0, 0.05) is 13.2 Å². The van der Waals surface area contributed by atoms with Gasteiger partial charge in [0.05, 0.1) is 7.11 Å². The molecule has 0 amide bonds. The number of methoxy groups -OCH3 is 1. The minimum Gasteiger partial charge on any atom is -0.468 e. The number of nitrogens with one attached hydrogen (secondary N) is 1. The smallest absolute Gasteiger partial charge is 0.322 e. The molecule has 0 aromatic carbocycles. The molecule has 1 atom stereocenters. The lowest BCUT2D eigenvalue weighted by molar-refractivity contribution is -0.143. The lowest BCUT2D eigenvalue weighted by Crippen LogP contribution is -2.39. The minimum absolute atomic E-state index is 0.205. The zero-order valence-corrected chi connectivity index (χ0v) is 10.0. The van der Waals surface area contributed by atoms with Crippen LogP contribution in [-0.4, -0.2) is 38.9 Å². The van der Waals surface area contributed by atoms with Crippen LogP contribution in [0, 0.1) is 0 Å². The molecule has 4 nitrogen and oxygen atoms in total. The molecular weight excluding hydrogens is 194 g/mol. The molecule has 0 bridgehead atoms. The van der Waals surface area contributed by atoms with Gasteiger partial charge in [-0.3, -0.25) is 4.79 Å². The van der Waals surface area contributed by atoms with Crippen molar-refractivity contribution in [3.63, 3.8) is 0 Å². The maximum absolute atomic E-state index is 11.3. The molecule has 0 saturated heterocycles. The van der Waals surface area contributed by atoms with Crippen molar-refractivity contribution < 1.29 is 14.3 Å². The number of carbonyl (C=O) groups excluding carboxylic acids is 1. The predicted octanol–water partition coefficient (Wildman–Crippen LogP) is 1.34. The molecule has 0 fully saturated rings. The second-order valence-corrected chi connectivity index (χ2v) is 3.43. The molecule has 1 unspecified atom stereocenters. The van der Waals surface area contributed by atoms with Crippen molar-refractivity contribution in [3.8, 4) is 0 Å². The van der Waals surface area contributed by atoms with Crippen LogP contribution in [0.3, 0.4) is 0 Å². The third-order valence-electron chi connectivity index (χ3n) is 2.03. The third-order valence-corrected chi connectivity index (χ3v) is 2.03. The Morgan fingerprint density at radius 3 is 2.53 bits per heavy atom. The number of esters is 1. The van der Waals surface area contributed by atoms with Crippen molar-refractivity contribution in [1.29, 1.82) is 0 Å². The lowest BCUT2D eigenvalue weighted by atomic mass is 10.2. The molecule has 0 aromatic rings. The van der Waals surface area contributed by atoms with Crippen molar-refractivity contribution in [1.82, 2.24) is 5.32 Å². The average molecular weight is 217 g/mol. The van der Waals surface area contributed by atoms with Crippen molar-refractivity contribution in [2.24, 2.45) is 0 Å². The number of hydrogen-bond acceptors (Lipinski definition) is 4. The molecule has 0 saturated carbocycles. The number of carbonyl (C=O) groups is 1. The van der Waals surface area contributed by atoms with E-state index in [0.29, 0.717) is 13.0 Å². The maximum Gasteiger partial charge on any atom is 0.322 e. The van der Waals surface area contributed by atoms with Crippen LogP contribution in [0.4, 0.5) is 0 Å². The molecule has 0 heterocycles. The van der Waals surface area contributed by atoms with E-state index >= 15 is 0 Å². The first-order chi connectivity index (χ1) is 7.26.